The smallest absolute Gasteiger partial charge is 0.350 e. The normalized spacial score (nSPS) is 11.5. The van der Waals surface area contributed by atoms with Gasteiger partial charge >= 0.3 is 5.97 Å². The number of carbonyl (C=O) groups excluding carboxylic acids is 1. The van der Waals surface area contributed by atoms with Gasteiger partial charge in [-0.3, -0.25) is 0 Å². The first-order valence-corrected chi connectivity index (χ1v) is 6.07. The molecular weight excluding hydrogens is 224 g/mol. The Kier molecular flexibility index (Phi) is 3.91. The van der Waals surface area contributed by atoms with Gasteiger partial charge in [0, 0.05) is 0 Å². The van der Waals surface area contributed by atoms with Crippen LogP contribution in [0.1, 0.15) is 43.1 Å². The number of nitrogen functional groups attached to an aromatic ring is 1. The molecule has 2 N–H and O–H groups in total. The molecule has 0 bridgehead atoms. The molecule has 0 aliphatic carbocycles. The Morgan fingerprint density at radius 3 is 2.62 bits per heavy atom. The van der Waals surface area contributed by atoms with E-state index in [1.807, 2.05) is 0 Å². The van der Waals surface area contributed by atoms with Gasteiger partial charge in [-0.2, -0.15) is 0 Å². The van der Waals surface area contributed by atoms with Gasteiger partial charge in [0.25, 0.3) is 0 Å². The summed E-state index contributed by atoms with van der Waals surface area (Å²) in [6, 6.07) is 0. The molecule has 90 valence electrons. The minimum Gasteiger partial charge on any atom is -0.462 e. The molecule has 0 spiro atoms. The number of esters is 1. The molecule has 1 aromatic heterocycles. The lowest BCUT2D eigenvalue weighted by atomic mass is 9.90. The predicted octanol–water partition coefficient (Wildman–Crippen LogP) is 2.49. The average Bonchev–Trinajstić information content (AvgIpc) is 2.44. The molecule has 0 aliphatic rings. The number of aromatic nitrogens is 1. The van der Waals surface area contributed by atoms with Crippen LogP contribution in [0.2, 0.25) is 0 Å². The van der Waals surface area contributed by atoms with Crippen molar-refractivity contribution in [1.82, 2.24) is 4.98 Å². The van der Waals surface area contributed by atoms with Crippen molar-refractivity contribution in [2.75, 3.05) is 12.3 Å². The van der Waals surface area contributed by atoms with Crippen molar-refractivity contribution >= 4 is 22.4 Å². The Balaban J connectivity index is 2.96. The SMILES string of the molecule is CCOC(=O)c1sc(N)nc1CC(C)(C)C. The number of anilines is 1. The van der Waals surface area contributed by atoms with Crippen molar-refractivity contribution in [3.05, 3.63) is 10.6 Å². The maximum Gasteiger partial charge on any atom is 0.350 e. The maximum absolute atomic E-state index is 11.7. The van der Waals surface area contributed by atoms with Crippen LogP contribution in [0.15, 0.2) is 0 Å². The maximum atomic E-state index is 11.7. The van der Waals surface area contributed by atoms with E-state index in [1.165, 1.54) is 11.3 Å². The minimum atomic E-state index is -0.323. The molecule has 0 atom stereocenters. The highest BCUT2D eigenvalue weighted by molar-refractivity contribution is 7.17. The van der Waals surface area contributed by atoms with Gasteiger partial charge in [-0.25, -0.2) is 9.78 Å². The van der Waals surface area contributed by atoms with E-state index in [1.54, 1.807) is 6.92 Å². The Morgan fingerprint density at radius 2 is 2.12 bits per heavy atom. The predicted molar refractivity (Wildman–Crippen MR) is 65.6 cm³/mol. The number of thiazole rings is 1. The highest BCUT2D eigenvalue weighted by Crippen LogP contribution is 2.28. The zero-order chi connectivity index (χ0) is 12.3. The van der Waals surface area contributed by atoms with Gasteiger partial charge in [-0.05, 0) is 18.8 Å². The molecule has 0 saturated heterocycles. The third kappa shape index (κ3) is 3.48. The minimum absolute atomic E-state index is 0.0712. The molecule has 1 aromatic rings. The van der Waals surface area contributed by atoms with E-state index < -0.39 is 0 Å². The van der Waals surface area contributed by atoms with E-state index in [4.69, 9.17) is 10.5 Å². The highest BCUT2D eigenvalue weighted by Gasteiger charge is 2.22. The van der Waals surface area contributed by atoms with Gasteiger partial charge in [0.1, 0.15) is 4.88 Å². The lowest BCUT2D eigenvalue weighted by molar-refractivity contribution is 0.0530. The summed E-state index contributed by atoms with van der Waals surface area (Å²) >= 11 is 1.20. The fourth-order valence-corrected chi connectivity index (χ4v) is 2.09. The summed E-state index contributed by atoms with van der Waals surface area (Å²) in [5, 5.41) is 0.419. The van der Waals surface area contributed by atoms with Crippen molar-refractivity contribution in [3.8, 4) is 0 Å². The lowest BCUT2D eigenvalue weighted by Crippen LogP contribution is -2.13. The molecular formula is C11H18N2O2S. The second kappa shape index (κ2) is 4.82. The average molecular weight is 242 g/mol. The van der Waals surface area contributed by atoms with Gasteiger partial charge < -0.3 is 10.5 Å². The standard InChI is InChI=1S/C11H18N2O2S/c1-5-15-9(14)8-7(6-11(2,3)4)13-10(12)16-8/h5-6H2,1-4H3,(H2,12,13). The van der Waals surface area contributed by atoms with Gasteiger partial charge in [-0.1, -0.05) is 32.1 Å². The van der Waals surface area contributed by atoms with Crippen molar-refractivity contribution in [3.63, 3.8) is 0 Å². The van der Waals surface area contributed by atoms with Crippen molar-refractivity contribution < 1.29 is 9.53 Å². The van der Waals surface area contributed by atoms with Crippen molar-refractivity contribution in [2.24, 2.45) is 5.41 Å². The van der Waals surface area contributed by atoms with E-state index in [9.17, 15) is 4.79 Å². The van der Waals surface area contributed by atoms with Crippen LogP contribution in [0.25, 0.3) is 0 Å². The van der Waals surface area contributed by atoms with Crippen molar-refractivity contribution in [1.29, 1.82) is 0 Å². The molecule has 0 unspecified atom stereocenters. The van der Waals surface area contributed by atoms with E-state index in [0.29, 0.717) is 16.6 Å². The van der Waals surface area contributed by atoms with Crippen LogP contribution in [0, 0.1) is 5.41 Å². The third-order valence-electron chi connectivity index (χ3n) is 1.87. The number of nitrogens with two attached hydrogens (primary N) is 1. The summed E-state index contributed by atoms with van der Waals surface area (Å²) in [6.07, 6.45) is 0.717. The molecule has 1 rings (SSSR count). The number of carbonyl (C=O) groups is 1. The molecule has 0 aliphatic heterocycles. The van der Waals surface area contributed by atoms with Gasteiger partial charge in [-0.15, -0.1) is 0 Å². The van der Waals surface area contributed by atoms with Crippen LogP contribution in [0.4, 0.5) is 5.13 Å². The van der Waals surface area contributed by atoms with Crippen LogP contribution < -0.4 is 5.73 Å². The quantitative estimate of drug-likeness (QED) is 0.827. The first kappa shape index (κ1) is 13.0. The molecule has 0 amide bonds. The lowest BCUT2D eigenvalue weighted by Gasteiger charge is -2.16. The zero-order valence-corrected chi connectivity index (χ0v) is 11.0. The van der Waals surface area contributed by atoms with E-state index in [0.717, 1.165) is 12.1 Å². The molecule has 0 aromatic carbocycles. The first-order chi connectivity index (χ1) is 7.33. The third-order valence-corrected chi connectivity index (χ3v) is 2.78. The molecule has 4 nitrogen and oxygen atoms in total. The van der Waals surface area contributed by atoms with Gasteiger partial charge in [0.05, 0.1) is 12.3 Å². The Hall–Kier alpha value is -1.10. The Morgan fingerprint density at radius 1 is 1.50 bits per heavy atom. The molecule has 0 saturated carbocycles. The van der Waals surface area contributed by atoms with E-state index in [-0.39, 0.29) is 11.4 Å². The molecule has 1 heterocycles. The fraction of sp³-hybridized carbons (Fsp3) is 0.636. The summed E-state index contributed by atoms with van der Waals surface area (Å²) in [5.74, 6) is -0.323. The van der Waals surface area contributed by atoms with Gasteiger partial charge in [0.2, 0.25) is 0 Å². The second-order valence-electron chi connectivity index (χ2n) is 4.79. The zero-order valence-electron chi connectivity index (χ0n) is 10.2. The number of hydrogen-bond donors (Lipinski definition) is 1. The summed E-state index contributed by atoms with van der Waals surface area (Å²) in [5.41, 5.74) is 6.45. The van der Waals surface area contributed by atoms with Crippen LogP contribution in [-0.4, -0.2) is 17.6 Å². The van der Waals surface area contributed by atoms with E-state index >= 15 is 0 Å². The van der Waals surface area contributed by atoms with Gasteiger partial charge in [0.15, 0.2) is 5.13 Å². The van der Waals surface area contributed by atoms with Crippen LogP contribution in [-0.2, 0) is 11.2 Å². The Bertz CT molecular complexity index is 380. The number of nitrogens with zero attached hydrogens (tertiary/aromatic N) is 1. The molecule has 5 heteroatoms. The summed E-state index contributed by atoms with van der Waals surface area (Å²) in [4.78, 5) is 16.4. The highest BCUT2D eigenvalue weighted by atomic mass is 32.1. The summed E-state index contributed by atoms with van der Waals surface area (Å²) < 4.78 is 4.97. The molecule has 0 radical (unpaired) electrons. The number of rotatable bonds is 3. The topological polar surface area (TPSA) is 65.2 Å². The largest absolute Gasteiger partial charge is 0.462 e. The summed E-state index contributed by atoms with van der Waals surface area (Å²) in [6.45, 7) is 8.43. The Labute approximate surface area is 99.8 Å². The van der Waals surface area contributed by atoms with E-state index in [2.05, 4.69) is 25.8 Å². The second-order valence-corrected chi connectivity index (χ2v) is 5.82. The van der Waals surface area contributed by atoms with Crippen LogP contribution in [0.3, 0.4) is 0 Å². The fourth-order valence-electron chi connectivity index (χ4n) is 1.35. The molecule has 16 heavy (non-hydrogen) atoms. The monoisotopic (exact) mass is 242 g/mol. The van der Waals surface area contributed by atoms with Crippen molar-refractivity contribution in [2.45, 2.75) is 34.1 Å². The summed E-state index contributed by atoms with van der Waals surface area (Å²) in [7, 11) is 0. The van der Waals surface area contributed by atoms with Crippen LogP contribution >= 0.6 is 11.3 Å². The first-order valence-electron chi connectivity index (χ1n) is 5.26. The van der Waals surface area contributed by atoms with Crippen LogP contribution in [0.5, 0.6) is 0 Å². The number of ether oxygens (including phenoxy) is 1. The molecule has 0 fully saturated rings. The number of hydrogen-bond acceptors (Lipinski definition) is 5.